The Morgan fingerprint density at radius 1 is 1.15 bits per heavy atom. The molecule has 0 aliphatic heterocycles. The second-order valence-electron chi connectivity index (χ2n) is 7.12. The van der Waals surface area contributed by atoms with Crippen LogP contribution in [0.3, 0.4) is 0 Å². The average molecular weight is 426 g/mol. The molecule has 0 saturated carbocycles. The fourth-order valence-electron chi connectivity index (χ4n) is 2.31. The Hall–Kier alpha value is -0.410. The van der Waals surface area contributed by atoms with Crippen molar-refractivity contribution in [3.05, 3.63) is 23.3 Å². The Labute approximate surface area is 164 Å². The Kier molecular flexibility index (Phi) is 12.7. The van der Waals surface area contributed by atoms with Crippen molar-refractivity contribution >= 4 is 22.0 Å². The van der Waals surface area contributed by atoms with E-state index in [2.05, 4.69) is 35.9 Å². The summed E-state index contributed by atoms with van der Waals surface area (Å²) < 4.78 is 49.1. The third-order valence-corrected chi connectivity index (χ3v) is 8.11. The van der Waals surface area contributed by atoms with Crippen molar-refractivity contribution in [1.82, 2.24) is 0 Å². The lowest BCUT2D eigenvalue weighted by Gasteiger charge is -2.17. The van der Waals surface area contributed by atoms with Crippen LogP contribution in [0.1, 0.15) is 59.8 Å². The predicted octanol–water partition coefficient (Wildman–Crippen LogP) is 6.77. The van der Waals surface area contributed by atoms with Gasteiger partial charge in [0, 0.05) is 14.2 Å². The second-order valence-corrected chi connectivity index (χ2v) is 11.3. The van der Waals surface area contributed by atoms with Gasteiger partial charge in [-0.3, -0.25) is 9.36 Å². The molecule has 0 aromatic rings. The first kappa shape index (κ1) is 26.6. The Morgan fingerprint density at radius 2 is 1.74 bits per heavy atom. The minimum Gasteiger partial charge on any atom is -0.312 e. The molecule has 8 heteroatoms. The summed E-state index contributed by atoms with van der Waals surface area (Å²) in [6.45, 7) is 8.14. The summed E-state index contributed by atoms with van der Waals surface area (Å²) in [5, 5.41) is 0. The van der Waals surface area contributed by atoms with E-state index in [0.29, 0.717) is 17.9 Å². The lowest BCUT2D eigenvalue weighted by Crippen LogP contribution is -2.22. The van der Waals surface area contributed by atoms with Crippen LogP contribution in [0, 0.1) is 5.92 Å². The highest BCUT2D eigenvalue weighted by Crippen LogP contribution is 2.55. The molecule has 0 amide bonds. The minimum absolute atomic E-state index is 0.482. The van der Waals surface area contributed by atoms with E-state index in [1.165, 1.54) is 12.0 Å². The van der Waals surface area contributed by atoms with Crippen molar-refractivity contribution in [2.24, 2.45) is 5.92 Å². The Morgan fingerprint density at radius 3 is 2.26 bits per heavy atom. The van der Waals surface area contributed by atoms with Crippen LogP contribution in [-0.2, 0) is 18.4 Å². The van der Waals surface area contributed by atoms with E-state index in [4.69, 9.17) is 0 Å². The van der Waals surface area contributed by atoms with Crippen LogP contribution in [-0.4, -0.2) is 31.6 Å². The molecule has 0 saturated heterocycles. The molecule has 0 spiro atoms. The molecule has 0 aliphatic carbocycles. The van der Waals surface area contributed by atoms with Gasteiger partial charge in [0.25, 0.3) is 0 Å². The van der Waals surface area contributed by atoms with Gasteiger partial charge in [0.2, 0.25) is 5.78 Å². The molecule has 0 bridgehead atoms. The fourth-order valence-corrected chi connectivity index (χ4v) is 5.31. The zero-order valence-electron chi connectivity index (χ0n) is 17.3. The average Bonchev–Trinajstić information content (AvgIpc) is 2.59. The van der Waals surface area contributed by atoms with Crippen molar-refractivity contribution in [1.29, 1.82) is 0 Å². The van der Waals surface area contributed by atoms with E-state index < -0.39 is 33.5 Å². The van der Waals surface area contributed by atoms with E-state index in [1.807, 2.05) is 0 Å². The van der Waals surface area contributed by atoms with Gasteiger partial charge in [0.1, 0.15) is 0 Å². The number of carbonyl (C=O) groups excluding carboxylic acids is 1. The molecule has 1 atom stereocenters. The molecule has 4 nitrogen and oxygen atoms in total. The molecule has 0 N–H and O–H groups in total. The van der Waals surface area contributed by atoms with Crippen LogP contribution in [0.2, 0.25) is 0 Å². The minimum atomic E-state index is -3.56. The molecule has 1 unspecified atom stereocenters. The molecule has 0 aromatic carbocycles. The van der Waals surface area contributed by atoms with Crippen LogP contribution in [0.25, 0.3) is 0 Å². The fraction of sp³-hybridized carbons (Fsp3) is 0.737. The summed E-state index contributed by atoms with van der Waals surface area (Å²) in [4.78, 5) is 11.9. The summed E-state index contributed by atoms with van der Waals surface area (Å²) in [5.41, 5.74) is -1.66. The summed E-state index contributed by atoms with van der Waals surface area (Å²) >= 11 is 0. The molecule has 0 rings (SSSR count). The maximum absolute atomic E-state index is 14.0. The van der Waals surface area contributed by atoms with E-state index >= 15 is 0 Å². The largest absolute Gasteiger partial charge is 0.334 e. The standard InChI is InChI=1S/C19H34F2O4P2/c1-15(2)9-7-10-16(3)11-8-12-17(4)13-18(22)19(20,21)26-14-27(23,24-5)25-6/h11,13,15,26H,7-10,12,14H2,1-6H3/b16-11+,17-13+. The van der Waals surface area contributed by atoms with Crippen LogP contribution in [0.4, 0.5) is 8.78 Å². The number of carbonyl (C=O) groups is 1. The quantitative estimate of drug-likeness (QED) is 0.175. The summed E-state index contributed by atoms with van der Waals surface area (Å²) in [7, 11) is -2.43. The highest BCUT2D eigenvalue weighted by atomic mass is 31.2. The van der Waals surface area contributed by atoms with E-state index in [9.17, 15) is 18.1 Å². The number of ketones is 1. The molecule has 0 fully saturated rings. The van der Waals surface area contributed by atoms with E-state index in [1.54, 1.807) is 6.92 Å². The summed E-state index contributed by atoms with van der Waals surface area (Å²) in [5.74, 6) is -1.04. The molecule has 158 valence electrons. The van der Waals surface area contributed by atoms with Crippen molar-refractivity contribution in [3.8, 4) is 0 Å². The van der Waals surface area contributed by atoms with E-state index in [-0.39, 0.29) is 0 Å². The van der Waals surface area contributed by atoms with E-state index in [0.717, 1.165) is 39.6 Å². The first-order chi connectivity index (χ1) is 12.5. The normalized spacial score (nSPS) is 14.6. The summed E-state index contributed by atoms with van der Waals surface area (Å²) in [6.07, 6.45) is 7.76. The van der Waals surface area contributed by atoms with Gasteiger partial charge in [-0.25, -0.2) is 0 Å². The van der Waals surface area contributed by atoms with Gasteiger partial charge < -0.3 is 9.05 Å². The van der Waals surface area contributed by atoms with Crippen molar-refractivity contribution < 1.29 is 27.2 Å². The lowest BCUT2D eigenvalue weighted by atomic mass is 10.0. The van der Waals surface area contributed by atoms with Crippen molar-refractivity contribution in [2.75, 3.05) is 20.1 Å². The van der Waals surface area contributed by atoms with Gasteiger partial charge >= 0.3 is 13.3 Å². The van der Waals surface area contributed by atoms with Crippen LogP contribution >= 0.6 is 16.2 Å². The molecule has 27 heavy (non-hydrogen) atoms. The number of hydrogen-bond acceptors (Lipinski definition) is 4. The zero-order valence-corrected chi connectivity index (χ0v) is 19.2. The zero-order chi connectivity index (χ0) is 21.1. The smallest absolute Gasteiger partial charge is 0.312 e. The maximum Gasteiger partial charge on any atom is 0.334 e. The van der Waals surface area contributed by atoms with Gasteiger partial charge in [-0.1, -0.05) is 37.5 Å². The van der Waals surface area contributed by atoms with Gasteiger partial charge in [-0.05, 0) is 60.1 Å². The molecular formula is C19H34F2O4P2. The molecule has 0 aliphatic rings. The first-order valence-electron chi connectivity index (χ1n) is 9.16. The first-order valence-corrected chi connectivity index (χ1v) is 12.1. The topological polar surface area (TPSA) is 52.6 Å². The monoisotopic (exact) mass is 426 g/mol. The van der Waals surface area contributed by atoms with Crippen LogP contribution < -0.4 is 0 Å². The second kappa shape index (κ2) is 12.9. The van der Waals surface area contributed by atoms with Gasteiger partial charge in [0.15, 0.2) is 0 Å². The SMILES string of the molecule is COP(=O)(CPC(F)(F)C(=O)/C=C(\C)CC/C=C(\C)CCCC(C)C)OC. The highest BCUT2D eigenvalue weighted by Gasteiger charge is 2.39. The number of allylic oxidation sites excluding steroid dienone is 4. The van der Waals surface area contributed by atoms with Gasteiger partial charge in [0.05, 0.1) is 5.90 Å². The molecule has 0 radical (unpaired) electrons. The van der Waals surface area contributed by atoms with Crippen LogP contribution in [0.5, 0.6) is 0 Å². The molecular weight excluding hydrogens is 392 g/mol. The summed E-state index contributed by atoms with van der Waals surface area (Å²) in [6, 6.07) is 0. The van der Waals surface area contributed by atoms with Crippen LogP contribution in [0.15, 0.2) is 23.3 Å². The lowest BCUT2D eigenvalue weighted by molar-refractivity contribution is -0.127. The van der Waals surface area contributed by atoms with Gasteiger partial charge in [-0.15, -0.1) is 0 Å². The maximum atomic E-state index is 14.0. The Bertz CT molecular complexity index is 564. The molecule has 0 heterocycles. The van der Waals surface area contributed by atoms with Gasteiger partial charge in [-0.2, -0.15) is 8.78 Å². The number of hydrogen-bond donors (Lipinski definition) is 0. The predicted molar refractivity (Wildman–Crippen MR) is 110 cm³/mol. The molecule has 0 aromatic heterocycles. The Balaban J connectivity index is 4.54. The highest BCUT2D eigenvalue weighted by molar-refractivity contribution is 7.66. The van der Waals surface area contributed by atoms with Crippen molar-refractivity contribution in [3.63, 3.8) is 0 Å². The number of alkyl halides is 2. The third-order valence-electron chi connectivity index (χ3n) is 4.12. The number of rotatable bonds is 14. The third kappa shape index (κ3) is 11.9. The number of halogens is 2. The van der Waals surface area contributed by atoms with Crippen molar-refractivity contribution in [2.45, 2.75) is 65.5 Å².